The molecule has 0 radical (unpaired) electrons. The molecule has 0 amide bonds. The first kappa shape index (κ1) is 18.0. The summed E-state index contributed by atoms with van der Waals surface area (Å²) >= 11 is 0. The van der Waals surface area contributed by atoms with Gasteiger partial charge in [-0.05, 0) is 30.7 Å². The van der Waals surface area contributed by atoms with Crippen LogP contribution in [0.5, 0.6) is 0 Å². The van der Waals surface area contributed by atoms with E-state index in [4.69, 9.17) is 0 Å². The lowest BCUT2D eigenvalue weighted by Gasteiger charge is -2.20. The standard InChI is InChI=1S/C14H20F3NO2S/c1-3-8-18-13(10-21(19,20)4-2)11-6-5-7-12(9-11)14(15,16)17/h5-7,9,13,18H,3-4,8,10H2,1-2H3. The van der Waals surface area contributed by atoms with Crippen LogP contribution in [-0.2, 0) is 16.0 Å². The van der Waals surface area contributed by atoms with Gasteiger partial charge in [0.2, 0.25) is 0 Å². The van der Waals surface area contributed by atoms with E-state index in [0.717, 1.165) is 18.6 Å². The minimum atomic E-state index is -4.44. The second kappa shape index (κ2) is 7.26. The first-order chi connectivity index (χ1) is 9.69. The largest absolute Gasteiger partial charge is 0.416 e. The summed E-state index contributed by atoms with van der Waals surface area (Å²) in [7, 11) is -3.29. The molecule has 3 nitrogen and oxygen atoms in total. The first-order valence-electron chi connectivity index (χ1n) is 6.80. The second-order valence-corrected chi connectivity index (χ2v) is 7.23. The van der Waals surface area contributed by atoms with Crippen molar-refractivity contribution in [3.63, 3.8) is 0 Å². The van der Waals surface area contributed by atoms with Crippen LogP contribution >= 0.6 is 0 Å². The van der Waals surface area contributed by atoms with Gasteiger partial charge in [0.1, 0.15) is 0 Å². The molecule has 0 spiro atoms. The Morgan fingerprint density at radius 2 is 1.90 bits per heavy atom. The third-order valence-electron chi connectivity index (χ3n) is 3.12. The van der Waals surface area contributed by atoms with E-state index in [0.29, 0.717) is 12.1 Å². The first-order valence-corrected chi connectivity index (χ1v) is 8.62. The fraction of sp³-hybridized carbons (Fsp3) is 0.571. The zero-order valence-electron chi connectivity index (χ0n) is 12.1. The summed E-state index contributed by atoms with van der Waals surface area (Å²) in [6, 6.07) is 4.19. The lowest BCUT2D eigenvalue weighted by Crippen LogP contribution is -2.29. The van der Waals surface area contributed by atoms with E-state index in [2.05, 4.69) is 5.32 Å². The number of alkyl halides is 3. The molecule has 0 heterocycles. The number of benzene rings is 1. The van der Waals surface area contributed by atoms with Crippen molar-refractivity contribution < 1.29 is 21.6 Å². The highest BCUT2D eigenvalue weighted by molar-refractivity contribution is 7.91. The topological polar surface area (TPSA) is 46.2 Å². The molecule has 1 unspecified atom stereocenters. The van der Waals surface area contributed by atoms with E-state index in [-0.39, 0.29) is 11.5 Å². The van der Waals surface area contributed by atoms with Crippen molar-refractivity contribution in [2.45, 2.75) is 32.5 Å². The Morgan fingerprint density at radius 1 is 1.24 bits per heavy atom. The van der Waals surface area contributed by atoms with Gasteiger partial charge in [-0.2, -0.15) is 13.2 Å². The highest BCUT2D eigenvalue weighted by Crippen LogP contribution is 2.31. The minimum Gasteiger partial charge on any atom is -0.309 e. The van der Waals surface area contributed by atoms with Crippen molar-refractivity contribution in [3.8, 4) is 0 Å². The average Bonchev–Trinajstić information content (AvgIpc) is 2.42. The maximum atomic E-state index is 12.7. The molecule has 1 aromatic carbocycles. The summed E-state index contributed by atoms with van der Waals surface area (Å²) in [5.41, 5.74) is -0.424. The quantitative estimate of drug-likeness (QED) is 0.838. The molecule has 120 valence electrons. The maximum absolute atomic E-state index is 12.7. The lowest BCUT2D eigenvalue weighted by molar-refractivity contribution is -0.137. The molecule has 0 fully saturated rings. The van der Waals surface area contributed by atoms with Crippen molar-refractivity contribution in [2.24, 2.45) is 0 Å². The Kier molecular flexibility index (Phi) is 6.22. The predicted molar refractivity (Wildman–Crippen MR) is 76.8 cm³/mol. The molecule has 0 saturated heterocycles. The van der Waals surface area contributed by atoms with Gasteiger partial charge >= 0.3 is 6.18 Å². The Morgan fingerprint density at radius 3 is 2.43 bits per heavy atom. The summed E-state index contributed by atoms with van der Waals surface area (Å²) in [6.45, 7) is 3.98. The zero-order chi connectivity index (χ0) is 16.1. The van der Waals surface area contributed by atoms with Gasteiger partial charge in [0.15, 0.2) is 9.84 Å². The molecule has 0 aliphatic heterocycles. The van der Waals surface area contributed by atoms with Gasteiger partial charge < -0.3 is 5.32 Å². The third kappa shape index (κ3) is 5.67. The SMILES string of the molecule is CCCNC(CS(=O)(=O)CC)c1cccc(C(F)(F)F)c1. The van der Waals surface area contributed by atoms with Crippen LogP contribution < -0.4 is 5.32 Å². The number of nitrogens with one attached hydrogen (secondary N) is 1. The van der Waals surface area contributed by atoms with Gasteiger partial charge in [-0.15, -0.1) is 0 Å². The molecule has 1 N–H and O–H groups in total. The van der Waals surface area contributed by atoms with Crippen LogP contribution in [0.1, 0.15) is 37.4 Å². The fourth-order valence-electron chi connectivity index (χ4n) is 1.90. The van der Waals surface area contributed by atoms with E-state index < -0.39 is 27.6 Å². The van der Waals surface area contributed by atoms with E-state index in [1.54, 1.807) is 0 Å². The zero-order valence-corrected chi connectivity index (χ0v) is 12.9. The van der Waals surface area contributed by atoms with E-state index in [9.17, 15) is 21.6 Å². The molecule has 1 aromatic rings. The highest BCUT2D eigenvalue weighted by Gasteiger charge is 2.31. The van der Waals surface area contributed by atoms with Crippen LogP contribution in [0.3, 0.4) is 0 Å². The molecule has 0 aliphatic rings. The third-order valence-corrected chi connectivity index (χ3v) is 4.84. The molecule has 0 saturated carbocycles. The van der Waals surface area contributed by atoms with Crippen LogP contribution in [0, 0.1) is 0 Å². The van der Waals surface area contributed by atoms with Crippen LogP contribution in [0.25, 0.3) is 0 Å². The molecule has 21 heavy (non-hydrogen) atoms. The van der Waals surface area contributed by atoms with Gasteiger partial charge in [-0.3, -0.25) is 0 Å². The number of halogens is 3. The highest BCUT2D eigenvalue weighted by atomic mass is 32.2. The molecule has 0 bridgehead atoms. The Bertz CT molecular complexity index is 556. The fourth-order valence-corrected chi connectivity index (χ4v) is 2.95. The Hall–Kier alpha value is -1.08. The van der Waals surface area contributed by atoms with Gasteiger partial charge in [-0.1, -0.05) is 26.0 Å². The summed E-state index contributed by atoms with van der Waals surface area (Å²) in [5, 5.41) is 3.01. The Balaban J connectivity index is 3.08. The number of hydrogen-bond acceptors (Lipinski definition) is 3. The number of sulfone groups is 1. The molecule has 1 atom stereocenters. The smallest absolute Gasteiger partial charge is 0.309 e. The van der Waals surface area contributed by atoms with Gasteiger partial charge in [0.25, 0.3) is 0 Å². The predicted octanol–water partition coefficient (Wildman–Crippen LogP) is 3.18. The molecule has 0 aliphatic carbocycles. The number of rotatable bonds is 7. The minimum absolute atomic E-state index is 0.0315. The molecule has 0 aromatic heterocycles. The summed E-state index contributed by atoms with van der Waals surface area (Å²) in [6.07, 6.45) is -3.67. The van der Waals surface area contributed by atoms with Gasteiger partial charge in [0, 0.05) is 11.8 Å². The van der Waals surface area contributed by atoms with Crippen LogP contribution in [-0.4, -0.2) is 26.5 Å². The van der Waals surface area contributed by atoms with Crippen molar-refractivity contribution in [1.82, 2.24) is 5.32 Å². The lowest BCUT2D eigenvalue weighted by atomic mass is 10.0. The monoisotopic (exact) mass is 323 g/mol. The molecular weight excluding hydrogens is 303 g/mol. The average molecular weight is 323 g/mol. The van der Waals surface area contributed by atoms with Crippen LogP contribution in [0.4, 0.5) is 13.2 Å². The van der Waals surface area contributed by atoms with Crippen molar-refractivity contribution in [2.75, 3.05) is 18.1 Å². The van der Waals surface area contributed by atoms with E-state index >= 15 is 0 Å². The van der Waals surface area contributed by atoms with Crippen LogP contribution in [0.2, 0.25) is 0 Å². The molecular formula is C14H20F3NO2S. The normalized spacial score (nSPS) is 14.1. The van der Waals surface area contributed by atoms with Crippen molar-refractivity contribution >= 4 is 9.84 Å². The van der Waals surface area contributed by atoms with Gasteiger partial charge in [-0.25, -0.2) is 8.42 Å². The van der Waals surface area contributed by atoms with Crippen molar-refractivity contribution in [3.05, 3.63) is 35.4 Å². The number of hydrogen-bond donors (Lipinski definition) is 1. The van der Waals surface area contributed by atoms with Crippen LogP contribution in [0.15, 0.2) is 24.3 Å². The second-order valence-electron chi connectivity index (χ2n) is 4.83. The van der Waals surface area contributed by atoms with Crippen molar-refractivity contribution in [1.29, 1.82) is 0 Å². The molecule has 7 heteroatoms. The summed E-state index contributed by atoms with van der Waals surface area (Å²) < 4.78 is 61.8. The van der Waals surface area contributed by atoms with Gasteiger partial charge in [0.05, 0.1) is 11.3 Å². The molecule has 1 rings (SSSR count). The summed E-state index contributed by atoms with van der Waals surface area (Å²) in [5.74, 6) is -0.235. The Labute approximate surface area is 123 Å². The summed E-state index contributed by atoms with van der Waals surface area (Å²) in [4.78, 5) is 0. The van der Waals surface area contributed by atoms with E-state index in [1.807, 2.05) is 6.92 Å². The maximum Gasteiger partial charge on any atom is 0.416 e. The van der Waals surface area contributed by atoms with E-state index in [1.165, 1.54) is 19.1 Å².